The molecule has 16 heavy (non-hydrogen) atoms. The smallest absolute Gasteiger partial charge is 0.325 e. The maximum atomic E-state index is 11.6. The second-order valence-corrected chi connectivity index (χ2v) is 6.44. The maximum absolute atomic E-state index is 11.6. The molecule has 0 fully saturated rings. The van der Waals surface area contributed by atoms with Crippen LogP contribution in [0.5, 0.6) is 0 Å². The van der Waals surface area contributed by atoms with E-state index in [0.717, 1.165) is 7.11 Å². The van der Waals surface area contributed by atoms with E-state index in [1.54, 1.807) is 13.8 Å². The lowest BCUT2D eigenvalue weighted by Gasteiger charge is -2.22. The maximum Gasteiger partial charge on any atom is 0.325 e. The van der Waals surface area contributed by atoms with E-state index in [2.05, 4.69) is 9.46 Å². The number of carbonyl (C=O) groups excluding carboxylic acids is 1. The fourth-order valence-corrected chi connectivity index (χ4v) is 1.96. The van der Waals surface area contributed by atoms with Crippen molar-refractivity contribution in [3.8, 4) is 0 Å². The zero-order valence-electron chi connectivity index (χ0n) is 9.98. The average Bonchev–Trinajstić information content (AvgIpc) is 2.24. The normalized spacial score (nSPS) is 14.6. The van der Waals surface area contributed by atoms with Crippen LogP contribution in [0.2, 0.25) is 0 Å². The Morgan fingerprint density at radius 3 is 2.38 bits per heavy atom. The molecule has 2 N–H and O–H groups in total. The van der Waals surface area contributed by atoms with Crippen molar-refractivity contribution in [2.45, 2.75) is 26.0 Å². The van der Waals surface area contributed by atoms with Crippen LogP contribution in [0.15, 0.2) is 0 Å². The highest BCUT2D eigenvalue weighted by Crippen LogP contribution is 2.12. The number of rotatable bonds is 6. The number of nitrogens with one attached hydrogen (secondary N) is 1. The molecule has 0 saturated carbocycles. The van der Waals surface area contributed by atoms with Crippen molar-refractivity contribution in [3.05, 3.63) is 0 Å². The van der Waals surface area contributed by atoms with Gasteiger partial charge < -0.3 is 9.84 Å². The zero-order chi connectivity index (χ0) is 13.0. The van der Waals surface area contributed by atoms with Gasteiger partial charge in [0, 0.05) is 18.6 Å². The van der Waals surface area contributed by atoms with Gasteiger partial charge in [0.05, 0.1) is 7.11 Å². The van der Waals surface area contributed by atoms with E-state index in [-0.39, 0.29) is 13.2 Å². The van der Waals surface area contributed by atoms with Gasteiger partial charge in [-0.15, -0.1) is 0 Å². The van der Waals surface area contributed by atoms with Gasteiger partial charge in [-0.1, -0.05) is 13.8 Å². The van der Waals surface area contributed by atoms with E-state index in [1.165, 1.54) is 6.92 Å². The summed E-state index contributed by atoms with van der Waals surface area (Å²) in [6.07, 6.45) is 0. The Balaban J connectivity index is 4.54. The minimum atomic E-state index is -3.75. The van der Waals surface area contributed by atoms with Gasteiger partial charge in [0.15, 0.2) is 5.25 Å². The minimum absolute atomic E-state index is 0.0627. The fourth-order valence-electron chi connectivity index (χ4n) is 0.770. The van der Waals surface area contributed by atoms with Crippen molar-refractivity contribution in [1.82, 2.24) is 4.72 Å². The number of hydrogen-bond acceptors (Lipinski definition) is 5. The molecular weight excluding hydrogens is 234 g/mol. The number of ether oxygens (including phenoxy) is 1. The first-order chi connectivity index (χ1) is 7.16. The van der Waals surface area contributed by atoms with Crippen LogP contribution in [0.4, 0.5) is 0 Å². The third-order valence-electron chi connectivity index (χ3n) is 2.18. The summed E-state index contributed by atoms with van der Waals surface area (Å²) in [5, 5.41) is 7.70. The number of esters is 1. The molecule has 0 aliphatic rings. The van der Waals surface area contributed by atoms with Crippen molar-refractivity contribution in [3.63, 3.8) is 0 Å². The van der Waals surface area contributed by atoms with Gasteiger partial charge in [-0.25, -0.2) is 13.1 Å². The van der Waals surface area contributed by atoms with Crippen LogP contribution in [0.3, 0.4) is 0 Å². The standard InChI is InChI=1S/C9H19NO5S/c1-7(8(12)15-4)16(13,14)10-5-9(2,3)6-11/h7,10-11H,5-6H2,1-4H3. The largest absolute Gasteiger partial charge is 0.468 e. The number of aliphatic hydroxyl groups is 1. The molecule has 0 aliphatic carbocycles. The molecule has 0 aromatic carbocycles. The fraction of sp³-hybridized carbons (Fsp3) is 0.889. The van der Waals surface area contributed by atoms with Crippen LogP contribution in [0.1, 0.15) is 20.8 Å². The lowest BCUT2D eigenvalue weighted by Crippen LogP contribution is -2.43. The Hall–Kier alpha value is -0.660. The molecule has 0 bridgehead atoms. The second-order valence-electron chi connectivity index (χ2n) is 4.35. The summed E-state index contributed by atoms with van der Waals surface area (Å²) in [7, 11) is -2.62. The first kappa shape index (κ1) is 15.3. The van der Waals surface area contributed by atoms with E-state index in [4.69, 9.17) is 5.11 Å². The first-order valence-corrected chi connectivity index (χ1v) is 6.38. The molecule has 0 heterocycles. The Morgan fingerprint density at radius 2 is 2.00 bits per heavy atom. The lowest BCUT2D eigenvalue weighted by molar-refractivity contribution is -0.139. The predicted octanol–water partition coefficient (Wildman–Crippen LogP) is -0.514. The lowest BCUT2D eigenvalue weighted by atomic mass is 9.96. The molecule has 0 spiro atoms. The van der Waals surface area contributed by atoms with Crippen LogP contribution in [-0.2, 0) is 19.6 Å². The highest BCUT2D eigenvalue weighted by molar-refractivity contribution is 7.90. The number of methoxy groups -OCH3 is 1. The van der Waals surface area contributed by atoms with Gasteiger partial charge in [-0.05, 0) is 6.92 Å². The molecule has 0 aromatic rings. The number of hydrogen-bond donors (Lipinski definition) is 2. The van der Waals surface area contributed by atoms with E-state index >= 15 is 0 Å². The summed E-state index contributed by atoms with van der Waals surface area (Å²) in [5.74, 6) is -0.811. The van der Waals surface area contributed by atoms with Gasteiger partial charge >= 0.3 is 5.97 Å². The van der Waals surface area contributed by atoms with Crippen LogP contribution >= 0.6 is 0 Å². The first-order valence-electron chi connectivity index (χ1n) is 4.83. The summed E-state index contributed by atoms with van der Waals surface area (Å²) in [5.41, 5.74) is -0.567. The molecule has 0 saturated heterocycles. The summed E-state index contributed by atoms with van der Waals surface area (Å²) in [4.78, 5) is 11.1. The molecular formula is C9H19NO5S. The van der Waals surface area contributed by atoms with E-state index in [9.17, 15) is 13.2 Å². The summed E-state index contributed by atoms with van der Waals surface area (Å²) in [6.45, 7) is 4.58. The molecule has 1 unspecified atom stereocenters. The van der Waals surface area contributed by atoms with Gasteiger partial charge in [0.2, 0.25) is 10.0 Å². The Kier molecular flexibility index (Phi) is 5.37. The van der Waals surface area contributed by atoms with Gasteiger partial charge in [-0.2, -0.15) is 0 Å². The number of aliphatic hydroxyl groups excluding tert-OH is 1. The molecule has 0 aliphatic heterocycles. The van der Waals surface area contributed by atoms with Crippen molar-refractivity contribution in [2.75, 3.05) is 20.3 Å². The molecule has 1 atom stereocenters. The monoisotopic (exact) mass is 253 g/mol. The topological polar surface area (TPSA) is 92.7 Å². The molecule has 0 amide bonds. The predicted molar refractivity (Wildman–Crippen MR) is 59.3 cm³/mol. The molecule has 7 heteroatoms. The van der Waals surface area contributed by atoms with Crippen molar-refractivity contribution in [2.24, 2.45) is 5.41 Å². The van der Waals surface area contributed by atoms with Crippen LogP contribution in [-0.4, -0.2) is 45.0 Å². The number of sulfonamides is 1. The zero-order valence-corrected chi connectivity index (χ0v) is 10.8. The molecule has 0 rings (SSSR count). The summed E-state index contributed by atoms with van der Waals surface area (Å²) >= 11 is 0. The quantitative estimate of drug-likeness (QED) is 0.622. The molecule has 96 valence electrons. The summed E-state index contributed by atoms with van der Waals surface area (Å²) < 4.78 is 29.8. The molecule has 0 radical (unpaired) electrons. The van der Waals surface area contributed by atoms with E-state index in [1.807, 2.05) is 0 Å². The van der Waals surface area contributed by atoms with Crippen molar-refractivity contribution < 1.29 is 23.1 Å². The Labute approximate surface area is 96.0 Å². The highest BCUT2D eigenvalue weighted by Gasteiger charge is 2.30. The Morgan fingerprint density at radius 1 is 1.50 bits per heavy atom. The highest BCUT2D eigenvalue weighted by atomic mass is 32.2. The SMILES string of the molecule is COC(=O)C(C)S(=O)(=O)NCC(C)(C)CO. The van der Waals surface area contributed by atoms with Crippen LogP contribution in [0, 0.1) is 5.41 Å². The number of carbonyl (C=O) groups is 1. The average molecular weight is 253 g/mol. The van der Waals surface area contributed by atoms with Crippen molar-refractivity contribution in [1.29, 1.82) is 0 Å². The third kappa shape index (κ3) is 4.46. The van der Waals surface area contributed by atoms with Gasteiger partial charge in [0.25, 0.3) is 0 Å². The van der Waals surface area contributed by atoms with Gasteiger partial charge in [0.1, 0.15) is 0 Å². The molecule has 6 nitrogen and oxygen atoms in total. The van der Waals surface area contributed by atoms with Gasteiger partial charge in [-0.3, -0.25) is 4.79 Å². The summed E-state index contributed by atoms with van der Waals surface area (Å²) in [6, 6.07) is 0. The van der Waals surface area contributed by atoms with E-state index in [0.29, 0.717) is 0 Å². The van der Waals surface area contributed by atoms with Crippen LogP contribution < -0.4 is 4.72 Å². The third-order valence-corrected chi connectivity index (χ3v) is 3.85. The molecule has 0 aromatic heterocycles. The Bertz CT molecular complexity index is 336. The van der Waals surface area contributed by atoms with Crippen molar-refractivity contribution >= 4 is 16.0 Å². The second kappa shape index (κ2) is 5.60. The van der Waals surface area contributed by atoms with E-state index < -0.39 is 26.7 Å². The van der Waals surface area contributed by atoms with Crippen LogP contribution in [0.25, 0.3) is 0 Å². The minimum Gasteiger partial charge on any atom is -0.468 e.